The fourth-order valence-electron chi connectivity index (χ4n) is 18.0. The van der Waals surface area contributed by atoms with Crippen LogP contribution in [0.5, 0.6) is 23.0 Å². The SMILES string of the molecule is c1ccc(-c2cc(-c3ccc4ccccc4c3)nc(-c3ccc(-c4ccc5c(c4)Oc4cc(-c6ccc(-c7cc(-c8ccccc8-c8ccccc8)nc(-c8ccc(-c9ccc%10c(c9)Oc9ccccc9C%109c%10ccccc%10-c%10ccccc%109)cc8)n7)cc6)ccc4C54c5ccccc5-c5ccccc54)cc3)n2)cc1. The van der Waals surface area contributed by atoms with Gasteiger partial charge in [0.25, 0.3) is 0 Å². The summed E-state index contributed by atoms with van der Waals surface area (Å²) in [5.74, 6) is 4.63. The number of para-hydroxylation sites is 1. The summed E-state index contributed by atoms with van der Waals surface area (Å²) in [6.07, 6.45) is 0. The molecule has 0 amide bonds. The number of nitrogens with zero attached hydrogens (tertiary/aromatic N) is 4. The minimum absolute atomic E-state index is 0.532. The molecule has 2 aromatic heterocycles. The molecule has 4 aliphatic rings. The molecule has 2 aliphatic carbocycles. The Morgan fingerprint density at radius 3 is 0.955 bits per heavy atom. The summed E-state index contributed by atoms with van der Waals surface area (Å²) in [5, 5.41) is 2.36. The van der Waals surface area contributed by atoms with E-state index < -0.39 is 10.8 Å². The van der Waals surface area contributed by atoms with Crippen molar-refractivity contribution in [3.05, 3.63) is 433 Å². The van der Waals surface area contributed by atoms with Crippen molar-refractivity contribution in [3.63, 3.8) is 0 Å². The first-order chi connectivity index (χ1) is 54.5. The molecule has 0 radical (unpaired) electrons. The van der Waals surface area contributed by atoms with Crippen molar-refractivity contribution in [3.8, 4) is 158 Å². The van der Waals surface area contributed by atoms with E-state index in [1.807, 2.05) is 6.07 Å². The first-order valence-electron chi connectivity index (χ1n) is 37.5. The largest absolute Gasteiger partial charge is 0.457 e. The minimum atomic E-state index is -0.656. The molecule has 4 heterocycles. The van der Waals surface area contributed by atoms with Crippen molar-refractivity contribution in [2.45, 2.75) is 10.8 Å². The third-order valence-electron chi connectivity index (χ3n) is 23.1. The topological polar surface area (TPSA) is 70.0 Å². The molecule has 512 valence electrons. The second-order valence-corrected chi connectivity index (χ2v) is 29.0. The van der Waals surface area contributed by atoms with Crippen LogP contribution in [-0.2, 0) is 10.8 Å². The van der Waals surface area contributed by atoms with E-state index >= 15 is 0 Å². The summed E-state index contributed by atoms with van der Waals surface area (Å²) < 4.78 is 14.3. The van der Waals surface area contributed by atoms with Gasteiger partial charge in [-0.05, 0) is 142 Å². The molecule has 0 fully saturated rings. The molecule has 6 heteroatoms. The van der Waals surface area contributed by atoms with Crippen LogP contribution in [0.3, 0.4) is 0 Å². The molecule has 0 unspecified atom stereocenters. The Balaban J connectivity index is 0.611. The molecule has 16 aromatic carbocycles. The zero-order valence-corrected chi connectivity index (χ0v) is 59.6. The van der Waals surface area contributed by atoms with Crippen LogP contribution in [0.1, 0.15) is 44.5 Å². The van der Waals surface area contributed by atoms with Gasteiger partial charge < -0.3 is 9.47 Å². The predicted molar refractivity (Wildman–Crippen MR) is 444 cm³/mol. The van der Waals surface area contributed by atoms with Gasteiger partial charge in [0.05, 0.1) is 33.6 Å². The molecule has 0 saturated heterocycles. The lowest BCUT2D eigenvalue weighted by Gasteiger charge is -2.39. The number of hydrogen-bond acceptors (Lipinski definition) is 6. The number of fused-ring (bicyclic) bond motifs is 19. The Morgan fingerprint density at radius 1 is 0.164 bits per heavy atom. The summed E-state index contributed by atoms with van der Waals surface area (Å²) >= 11 is 0. The van der Waals surface area contributed by atoms with E-state index in [-0.39, 0.29) is 0 Å². The van der Waals surface area contributed by atoms with Crippen molar-refractivity contribution in [1.29, 1.82) is 0 Å². The zero-order chi connectivity index (χ0) is 72.4. The van der Waals surface area contributed by atoms with Gasteiger partial charge in [-0.15, -0.1) is 0 Å². The molecule has 0 N–H and O–H groups in total. The number of benzene rings is 16. The molecule has 6 nitrogen and oxygen atoms in total. The maximum Gasteiger partial charge on any atom is 0.160 e. The summed E-state index contributed by atoms with van der Waals surface area (Å²) in [6.45, 7) is 0. The van der Waals surface area contributed by atoms with E-state index in [2.05, 4.69) is 382 Å². The Morgan fingerprint density at radius 2 is 0.473 bits per heavy atom. The maximum atomic E-state index is 7.36. The van der Waals surface area contributed by atoms with Crippen molar-refractivity contribution < 1.29 is 9.47 Å². The van der Waals surface area contributed by atoms with Crippen molar-refractivity contribution in [2.24, 2.45) is 0 Å². The van der Waals surface area contributed by atoms with Crippen LogP contribution in [-0.4, -0.2) is 19.9 Å². The fourth-order valence-corrected chi connectivity index (χ4v) is 18.0. The highest BCUT2D eigenvalue weighted by Crippen LogP contribution is 2.65. The van der Waals surface area contributed by atoms with Crippen LogP contribution in [0.25, 0.3) is 145 Å². The van der Waals surface area contributed by atoms with E-state index in [0.717, 1.165) is 146 Å². The Bertz CT molecular complexity index is 6680. The number of ether oxygens (including phenoxy) is 2. The van der Waals surface area contributed by atoms with Gasteiger partial charge in [0, 0.05) is 55.6 Å². The van der Waals surface area contributed by atoms with Gasteiger partial charge in [0.1, 0.15) is 23.0 Å². The number of rotatable bonds is 10. The Hall–Kier alpha value is -14.5. The average Bonchev–Trinajstić information content (AvgIpc) is 1.48. The van der Waals surface area contributed by atoms with Crippen LogP contribution < -0.4 is 9.47 Å². The normalized spacial score (nSPS) is 13.2. The van der Waals surface area contributed by atoms with Crippen molar-refractivity contribution >= 4 is 10.8 Å². The fraction of sp³-hybridized carbons (Fsp3) is 0.0192. The van der Waals surface area contributed by atoms with E-state index in [9.17, 15) is 0 Å². The lowest BCUT2D eigenvalue weighted by Crippen LogP contribution is -2.32. The molecule has 0 saturated carbocycles. The van der Waals surface area contributed by atoms with Gasteiger partial charge in [-0.25, -0.2) is 19.9 Å². The zero-order valence-electron chi connectivity index (χ0n) is 59.6. The highest BCUT2D eigenvalue weighted by Gasteiger charge is 2.53. The quantitative estimate of drug-likeness (QED) is 0.136. The van der Waals surface area contributed by atoms with Gasteiger partial charge in [0.2, 0.25) is 0 Å². The van der Waals surface area contributed by atoms with E-state index in [0.29, 0.717) is 11.6 Å². The molecular formula is C104H64N4O2. The Kier molecular flexibility index (Phi) is 14.3. The summed E-state index contributed by atoms with van der Waals surface area (Å²) in [6, 6.07) is 139. The highest BCUT2D eigenvalue weighted by molar-refractivity contribution is 5.93. The van der Waals surface area contributed by atoms with Gasteiger partial charge in [-0.1, -0.05) is 346 Å². The minimum Gasteiger partial charge on any atom is -0.457 e. The van der Waals surface area contributed by atoms with E-state index in [1.54, 1.807) is 0 Å². The average molecular weight is 1400 g/mol. The molecule has 110 heavy (non-hydrogen) atoms. The molecule has 0 bridgehead atoms. The summed E-state index contributed by atoms with van der Waals surface area (Å²) in [4.78, 5) is 21.3. The van der Waals surface area contributed by atoms with Crippen LogP contribution in [0, 0.1) is 0 Å². The Labute approximate surface area is 637 Å². The number of aromatic nitrogens is 4. The monoisotopic (exact) mass is 1400 g/mol. The molecule has 22 rings (SSSR count). The third-order valence-corrected chi connectivity index (χ3v) is 23.1. The molecule has 18 aromatic rings. The summed E-state index contributed by atoms with van der Waals surface area (Å²) in [5.41, 5.74) is 31.0. The molecule has 0 atom stereocenters. The standard InChI is InChI=1S/C104H64N4O2/c1-3-22-69(23-4-1)79-27-9-10-32-84(79)96-64-94(106-102(108-96)73-50-43-67(44-51-73)75-53-56-90-98(60-75)109-97-38-20-19-37-89(97)103(90)85-33-15-11-28-80(85)81-29-12-16-34-86(81)103)71-46-39-66(40-47-71)76-54-57-91-99(61-76)110-100-62-77(55-58-92(100)104(91)87-35-17-13-30-82(87)83-31-14-18-36-88(83)104)68-41-48-72(49-42-68)101-105-93(70-24-5-2-6-25-70)63-95(107-101)78-52-45-65-21-7-8-26-74(65)59-78/h1-64H. The maximum absolute atomic E-state index is 7.36. The van der Waals surface area contributed by atoms with Gasteiger partial charge in [-0.3, -0.25) is 0 Å². The van der Waals surface area contributed by atoms with Crippen LogP contribution in [0.15, 0.2) is 388 Å². The van der Waals surface area contributed by atoms with E-state index in [4.69, 9.17) is 29.4 Å². The van der Waals surface area contributed by atoms with Gasteiger partial charge in [0.15, 0.2) is 11.6 Å². The lowest BCUT2D eigenvalue weighted by molar-refractivity contribution is 0.436. The second-order valence-electron chi connectivity index (χ2n) is 29.0. The first-order valence-corrected chi connectivity index (χ1v) is 37.5. The third kappa shape index (κ3) is 9.89. The van der Waals surface area contributed by atoms with Crippen molar-refractivity contribution in [1.82, 2.24) is 19.9 Å². The van der Waals surface area contributed by atoms with Crippen LogP contribution >= 0.6 is 0 Å². The van der Waals surface area contributed by atoms with Crippen LogP contribution in [0.4, 0.5) is 0 Å². The highest BCUT2D eigenvalue weighted by atomic mass is 16.5. The van der Waals surface area contributed by atoms with Gasteiger partial charge in [-0.2, -0.15) is 0 Å². The first kappa shape index (κ1) is 62.9. The number of hydrogen-bond donors (Lipinski definition) is 0. The molecule has 2 spiro atoms. The lowest BCUT2D eigenvalue weighted by atomic mass is 9.65. The smallest absolute Gasteiger partial charge is 0.160 e. The summed E-state index contributed by atoms with van der Waals surface area (Å²) in [7, 11) is 0. The predicted octanol–water partition coefficient (Wildman–Crippen LogP) is 26.0. The van der Waals surface area contributed by atoms with Crippen molar-refractivity contribution in [2.75, 3.05) is 0 Å². The molecule has 2 aliphatic heterocycles. The van der Waals surface area contributed by atoms with E-state index in [1.165, 1.54) is 55.3 Å². The second kappa shape index (κ2) is 25.1. The van der Waals surface area contributed by atoms with Gasteiger partial charge >= 0.3 is 0 Å². The molecular weight excluding hydrogens is 1340 g/mol. The van der Waals surface area contributed by atoms with Crippen LogP contribution in [0.2, 0.25) is 0 Å².